The minimum absolute atomic E-state index is 0.464. The summed E-state index contributed by atoms with van der Waals surface area (Å²) < 4.78 is 12.2. The van der Waals surface area contributed by atoms with Crippen molar-refractivity contribution in [2.24, 2.45) is 0 Å². The van der Waals surface area contributed by atoms with Crippen LogP contribution in [0.1, 0.15) is 5.56 Å². The molecular weight excluding hydrogens is 380 g/mol. The van der Waals surface area contributed by atoms with E-state index in [1.54, 1.807) is 18.9 Å². The number of nitrogens with zero attached hydrogens (tertiary/aromatic N) is 4. The lowest BCUT2D eigenvalue weighted by Crippen LogP contribution is -2.10. The van der Waals surface area contributed by atoms with E-state index >= 15 is 0 Å². The lowest BCUT2D eigenvalue weighted by molar-refractivity contribution is 0.210. The van der Waals surface area contributed by atoms with Crippen LogP contribution >= 0.6 is 0 Å². The quantitative estimate of drug-likeness (QED) is 0.455. The highest BCUT2D eigenvalue weighted by Gasteiger charge is 2.19. The molecule has 2 heterocycles. The van der Waals surface area contributed by atoms with Gasteiger partial charge in [-0.1, -0.05) is 24.3 Å². The zero-order valence-corrected chi connectivity index (χ0v) is 17.2. The van der Waals surface area contributed by atoms with Crippen LogP contribution in [0.4, 0.5) is 11.8 Å². The summed E-state index contributed by atoms with van der Waals surface area (Å²) in [5.41, 5.74) is 10.6. The van der Waals surface area contributed by atoms with E-state index in [1.165, 1.54) is 0 Å². The molecule has 0 saturated heterocycles. The number of methoxy groups -OCH3 is 2. The number of ether oxygens (including phenoxy) is 2. The van der Waals surface area contributed by atoms with Crippen molar-refractivity contribution in [3.8, 4) is 22.7 Å². The number of anilines is 2. The SMILES string of the molecule is COCCNc1nc(-c2cccc(OC)c2)c2c(N)n(-c3cccc(C)c3)nc2n1. The Morgan fingerprint density at radius 3 is 2.67 bits per heavy atom. The summed E-state index contributed by atoms with van der Waals surface area (Å²) in [4.78, 5) is 9.32. The number of nitrogens with two attached hydrogens (primary N) is 1. The van der Waals surface area contributed by atoms with Gasteiger partial charge in [-0.15, -0.1) is 5.10 Å². The Morgan fingerprint density at radius 1 is 1.07 bits per heavy atom. The van der Waals surface area contributed by atoms with Gasteiger partial charge < -0.3 is 20.5 Å². The second-order valence-corrected chi connectivity index (χ2v) is 6.88. The highest BCUT2D eigenvalue weighted by Crippen LogP contribution is 2.34. The molecule has 0 amide bonds. The van der Waals surface area contributed by atoms with E-state index in [4.69, 9.17) is 20.2 Å². The van der Waals surface area contributed by atoms with E-state index < -0.39 is 0 Å². The van der Waals surface area contributed by atoms with E-state index in [2.05, 4.69) is 15.4 Å². The number of fused-ring (bicyclic) bond motifs is 1. The van der Waals surface area contributed by atoms with Crippen LogP contribution in [0.25, 0.3) is 28.0 Å². The smallest absolute Gasteiger partial charge is 0.225 e. The van der Waals surface area contributed by atoms with Crippen LogP contribution in [0.5, 0.6) is 5.75 Å². The minimum atomic E-state index is 0.464. The summed E-state index contributed by atoms with van der Waals surface area (Å²) in [6.07, 6.45) is 0. The Labute approximate surface area is 174 Å². The van der Waals surface area contributed by atoms with Gasteiger partial charge in [0.05, 0.1) is 30.5 Å². The fourth-order valence-corrected chi connectivity index (χ4v) is 3.29. The van der Waals surface area contributed by atoms with Gasteiger partial charge in [0, 0.05) is 19.2 Å². The molecule has 8 nitrogen and oxygen atoms in total. The molecule has 30 heavy (non-hydrogen) atoms. The largest absolute Gasteiger partial charge is 0.497 e. The van der Waals surface area contributed by atoms with E-state index in [0.29, 0.717) is 41.6 Å². The van der Waals surface area contributed by atoms with E-state index in [0.717, 1.165) is 22.6 Å². The van der Waals surface area contributed by atoms with Crippen molar-refractivity contribution in [2.45, 2.75) is 6.92 Å². The maximum absolute atomic E-state index is 6.55. The van der Waals surface area contributed by atoms with Crippen LogP contribution in [0, 0.1) is 6.92 Å². The van der Waals surface area contributed by atoms with E-state index in [9.17, 15) is 0 Å². The highest BCUT2D eigenvalue weighted by atomic mass is 16.5. The molecule has 4 rings (SSSR count). The van der Waals surface area contributed by atoms with Gasteiger partial charge in [-0.3, -0.25) is 0 Å². The van der Waals surface area contributed by atoms with Crippen molar-refractivity contribution in [3.63, 3.8) is 0 Å². The fourth-order valence-electron chi connectivity index (χ4n) is 3.29. The third-order valence-electron chi connectivity index (χ3n) is 4.75. The third kappa shape index (κ3) is 3.77. The highest BCUT2D eigenvalue weighted by molar-refractivity contribution is 5.99. The Hall–Kier alpha value is -3.65. The maximum atomic E-state index is 6.55. The van der Waals surface area contributed by atoms with Crippen molar-refractivity contribution >= 4 is 22.8 Å². The molecule has 0 aliphatic rings. The predicted molar refractivity (Wildman–Crippen MR) is 118 cm³/mol. The fraction of sp³-hybridized carbons (Fsp3) is 0.227. The molecule has 0 radical (unpaired) electrons. The Morgan fingerprint density at radius 2 is 1.90 bits per heavy atom. The minimum Gasteiger partial charge on any atom is -0.497 e. The summed E-state index contributed by atoms with van der Waals surface area (Å²) in [5.74, 6) is 1.68. The first-order valence-corrected chi connectivity index (χ1v) is 9.61. The molecule has 2 aromatic heterocycles. The van der Waals surface area contributed by atoms with Gasteiger partial charge >= 0.3 is 0 Å². The molecule has 0 unspecified atom stereocenters. The predicted octanol–water partition coefficient (Wildman–Crippen LogP) is 3.44. The van der Waals surface area contributed by atoms with Crippen molar-refractivity contribution in [3.05, 3.63) is 54.1 Å². The molecule has 0 saturated carbocycles. The summed E-state index contributed by atoms with van der Waals surface area (Å²) in [6.45, 7) is 3.14. The van der Waals surface area contributed by atoms with Crippen LogP contribution in [-0.4, -0.2) is 47.1 Å². The number of aryl methyl sites for hydroxylation is 1. The monoisotopic (exact) mass is 404 g/mol. The zero-order chi connectivity index (χ0) is 21.1. The molecule has 0 aliphatic heterocycles. The standard InChI is InChI=1S/C22H24N6O2/c1-14-6-4-8-16(12-14)28-20(23)18-19(15-7-5-9-17(13-15)30-3)25-22(24-10-11-29-2)26-21(18)27-28/h4-9,12-13H,10-11,23H2,1-3H3,(H,24,26,27). The van der Waals surface area contributed by atoms with Crippen molar-refractivity contribution < 1.29 is 9.47 Å². The van der Waals surface area contributed by atoms with Gasteiger partial charge in [0.1, 0.15) is 11.6 Å². The summed E-state index contributed by atoms with van der Waals surface area (Å²) in [5, 5.41) is 8.56. The molecule has 0 spiro atoms. The second kappa shape index (κ2) is 8.38. The van der Waals surface area contributed by atoms with Crippen molar-refractivity contribution in [1.82, 2.24) is 19.7 Å². The molecule has 8 heteroatoms. The van der Waals surface area contributed by atoms with Gasteiger partial charge in [0.2, 0.25) is 5.95 Å². The molecular formula is C22H24N6O2. The van der Waals surface area contributed by atoms with Crippen LogP contribution < -0.4 is 15.8 Å². The molecule has 154 valence electrons. The van der Waals surface area contributed by atoms with Gasteiger partial charge in [0.25, 0.3) is 0 Å². The average Bonchev–Trinajstić information content (AvgIpc) is 3.10. The number of nitrogen functional groups attached to an aromatic ring is 1. The zero-order valence-electron chi connectivity index (χ0n) is 17.2. The third-order valence-corrected chi connectivity index (χ3v) is 4.75. The number of rotatable bonds is 7. The molecule has 0 atom stereocenters. The average molecular weight is 404 g/mol. The van der Waals surface area contributed by atoms with Gasteiger partial charge in [-0.05, 0) is 36.8 Å². The van der Waals surface area contributed by atoms with Gasteiger partial charge in [-0.2, -0.15) is 4.98 Å². The number of hydrogen-bond acceptors (Lipinski definition) is 7. The Balaban J connectivity index is 1.92. The van der Waals surface area contributed by atoms with E-state index in [-0.39, 0.29) is 0 Å². The lowest BCUT2D eigenvalue weighted by Gasteiger charge is -2.09. The molecule has 4 aromatic rings. The normalized spacial score (nSPS) is 11.0. The summed E-state index contributed by atoms with van der Waals surface area (Å²) >= 11 is 0. The maximum Gasteiger partial charge on any atom is 0.225 e. The topological polar surface area (TPSA) is 100 Å². The lowest BCUT2D eigenvalue weighted by atomic mass is 10.1. The molecule has 0 bridgehead atoms. The first-order chi connectivity index (χ1) is 14.6. The Kier molecular flexibility index (Phi) is 5.49. The molecule has 0 aliphatic carbocycles. The Bertz CT molecular complexity index is 1190. The molecule has 3 N–H and O–H groups in total. The first-order valence-electron chi connectivity index (χ1n) is 9.61. The number of hydrogen-bond donors (Lipinski definition) is 2. The van der Waals surface area contributed by atoms with Gasteiger partial charge in [0.15, 0.2) is 5.65 Å². The van der Waals surface area contributed by atoms with Crippen LogP contribution in [0.3, 0.4) is 0 Å². The summed E-state index contributed by atoms with van der Waals surface area (Å²) in [6, 6.07) is 15.7. The number of aromatic nitrogens is 4. The number of benzene rings is 2. The van der Waals surface area contributed by atoms with Crippen LogP contribution in [0.2, 0.25) is 0 Å². The van der Waals surface area contributed by atoms with Crippen molar-refractivity contribution in [1.29, 1.82) is 0 Å². The van der Waals surface area contributed by atoms with Gasteiger partial charge in [-0.25, -0.2) is 9.67 Å². The van der Waals surface area contributed by atoms with Crippen LogP contribution in [-0.2, 0) is 4.74 Å². The van der Waals surface area contributed by atoms with E-state index in [1.807, 2.05) is 55.5 Å². The first kappa shape index (κ1) is 19.7. The number of nitrogens with one attached hydrogen (secondary N) is 1. The molecule has 2 aromatic carbocycles. The van der Waals surface area contributed by atoms with Crippen molar-refractivity contribution in [2.75, 3.05) is 38.4 Å². The molecule has 0 fully saturated rings. The van der Waals surface area contributed by atoms with Crippen LogP contribution in [0.15, 0.2) is 48.5 Å². The second-order valence-electron chi connectivity index (χ2n) is 6.88. The summed E-state index contributed by atoms with van der Waals surface area (Å²) in [7, 11) is 3.29.